The van der Waals surface area contributed by atoms with Gasteiger partial charge in [-0.25, -0.2) is 0 Å². The van der Waals surface area contributed by atoms with Crippen molar-refractivity contribution in [2.24, 2.45) is 0 Å². The van der Waals surface area contributed by atoms with Crippen LogP contribution in [0.3, 0.4) is 0 Å². The fourth-order valence-corrected chi connectivity index (χ4v) is 2.72. The fourth-order valence-electron chi connectivity index (χ4n) is 2.19. The average Bonchev–Trinajstić information content (AvgIpc) is 2.83. The maximum atomic E-state index is 5.95. The summed E-state index contributed by atoms with van der Waals surface area (Å²) in [6.07, 6.45) is 1.02. The number of imidazole rings is 1. The number of hydrogen-bond acceptors (Lipinski definition) is 2. The first-order chi connectivity index (χ1) is 7.75. The Morgan fingerprint density at radius 2 is 2.38 bits per heavy atom. The van der Waals surface area contributed by atoms with E-state index in [0.29, 0.717) is 6.04 Å². The monoisotopic (exact) mass is 254 g/mol. The number of aromatic amines is 1. The van der Waals surface area contributed by atoms with Crippen LogP contribution in [0.2, 0.25) is 5.02 Å². The van der Waals surface area contributed by atoms with Crippen molar-refractivity contribution in [2.45, 2.75) is 12.5 Å². The number of hydrogen-bond donors (Lipinski definition) is 1. The van der Waals surface area contributed by atoms with Gasteiger partial charge in [0.25, 0.3) is 0 Å². The summed E-state index contributed by atoms with van der Waals surface area (Å²) in [6.45, 7) is 1.55. The van der Waals surface area contributed by atoms with Gasteiger partial charge < -0.3 is 14.3 Å². The van der Waals surface area contributed by atoms with Gasteiger partial charge in [-0.1, -0.05) is 11.6 Å². The van der Waals surface area contributed by atoms with Crippen LogP contribution >= 0.6 is 23.8 Å². The molecule has 5 heteroatoms. The predicted molar refractivity (Wildman–Crippen MR) is 66.6 cm³/mol. The Bertz CT molecular complexity index is 583. The molecule has 84 valence electrons. The van der Waals surface area contributed by atoms with E-state index in [1.807, 2.05) is 18.2 Å². The van der Waals surface area contributed by atoms with E-state index >= 15 is 0 Å². The third-order valence-corrected chi connectivity index (χ3v) is 3.48. The summed E-state index contributed by atoms with van der Waals surface area (Å²) in [4.78, 5) is 3.18. The predicted octanol–water partition coefficient (Wildman–Crippen LogP) is 3.31. The van der Waals surface area contributed by atoms with E-state index in [1.54, 1.807) is 0 Å². The molecule has 0 spiro atoms. The zero-order valence-corrected chi connectivity index (χ0v) is 10.1. The molecule has 3 nitrogen and oxygen atoms in total. The molecule has 1 aliphatic rings. The summed E-state index contributed by atoms with van der Waals surface area (Å²) in [6, 6.07) is 6.14. The van der Waals surface area contributed by atoms with Crippen molar-refractivity contribution in [2.75, 3.05) is 13.2 Å². The number of halogens is 1. The van der Waals surface area contributed by atoms with Crippen molar-refractivity contribution in [3.63, 3.8) is 0 Å². The molecule has 0 bridgehead atoms. The van der Waals surface area contributed by atoms with Crippen molar-refractivity contribution in [3.05, 3.63) is 28.0 Å². The summed E-state index contributed by atoms with van der Waals surface area (Å²) in [7, 11) is 0. The molecule has 0 amide bonds. The molecule has 1 aromatic carbocycles. The van der Waals surface area contributed by atoms with E-state index in [1.165, 1.54) is 0 Å². The zero-order valence-electron chi connectivity index (χ0n) is 8.57. The molecule has 1 aromatic heterocycles. The number of ether oxygens (including phenoxy) is 1. The van der Waals surface area contributed by atoms with Crippen LogP contribution in [0.5, 0.6) is 0 Å². The first-order valence-corrected chi connectivity index (χ1v) is 6.02. The van der Waals surface area contributed by atoms with Gasteiger partial charge in [0.05, 0.1) is 23.7 Å². The van der Waals surface area contributed by atoms with Crippen molar-refractivity contribution < 1.29 is 4.74 Å². The Labute approximate surface area is 103 Å². The lowest BCUT2D eigenvalue weighted by atomic mass is 10.2. The lowest BCUT2D eigenvalue weighted by Gasteiger charge is -2.10. The van der Waals surface area contributed by atoms with Gasteiger partial charge in [-0.3, -0.25) is 0 Å². The molecular weight excluding hydrogens is 244 g/mol. The molecule has 1 unspecified atom stereocenters. The van der Waals surface area contributed by atoms with E-state index in [4.69, 9.17) is 28.6 Å². The van der Waals surface area contributed by atoms with Crippen LogP contribution in [0.25, 0.3) is 11.0 Å². The van der Waals surface area contributed by atoms with Crippen molar-refractivity contribution in [3.8, 4) is 0 Å². The molecule has 0 radical (unpaired) electrons. The van der Waals surface area contributed by atoms with Gasteiger partial charge >= 0.3 is 0 Å². The summed E-state index contributed by atoms with van der Waals surface area (Å²) in [5, 5.41) is 0.721. The Balaban J connectivity index is 2.23. The highest BCUT2D eigenvalue weighted by Crippen LogP contribution is 2.26. The second-order valence-corrected chi connectivity index (χ2v) is 4.80. The molecule has 2 aromatic rings. The maximum absolute atomic E-state index is 5.95. The van der Waals surface area contributed by atoms with Crippen molar-refractivity contribution in [1.82, 2.24) is 9.55 Å². The Morgan fingerprint density at radius 1 is 1.50 bits per heavy atom. The van der Waals surface area contributed by atoms with Crippen LogP contribution in [-0.4, -0.2) is 22.8 Å². The number of benzene rings is 1. The molecule has 1 N–H and O–H groups in total. The van der Waals surface area contributed by atoms with Gasteiger partial charge in [-0.05, 0) is 36.8 Å². The summed E-state index contributed by atoms with van der Waals surface area (Å²) < 4.78 is 8.28. The van der Waals surface area contributed by atoms with Gasteiger partial charge in [0.2, 0.25) is 0 Å². The molecule has 1 fully saturated rings. The number of H-pyrrole nitrogens is 1. The van der Waals surface area contributed by atoms with Crippen LogP contribution in [0.1, 0.15) is 12.5 Å². The van der Waals surface area contributed by atoms with Crippen LogP contribution in [0, 0.1) is 4.77 Å². The van der Waals surface area contributed by atoms with Crippen molar-refractivity contribution in [1.29, 1.82) is 0 Å². The Hall–Kier alpha value is -0.840. The normalized spacial score (nSPS) is 20.7. The molecule has 2 heterocycles. The van der Waals surface area contributed by atoms with Gasteiger partial charge in [0.1, 0.15) is 0 Å². The van der Waals surface area contributed by atoms with Gasteiger partial charge in [0, 0.05) is 11.6 Å². The number of aromatic nitrogens is 2. The van der Waals surface area contributed by atoms with Gasteiger partial charge in [-0.15, -0.1) is 0 Å². The molecule has 0 saturated carbocycles. The maximum Gasteiger partial charge on any atom is 0.178 e. The van der Waals surface area contributed by atoms with Crippen LogP contribution in [-0.2, 0) is 4.74 Å². The Morgan fingerprint density at radius 3 is 3.12 bits per heavy atom. The van der Waals surface area contributed by atoms with Gasteiger partial charge in [0.15, 0.2) is 4.77 Å². The van der Waals surface area contributed by atoms with Crippen LogP contribution in [0.4, 0.5) is 0 Å². The molecule has 0 aliphatic carbocycles. The first kappa shape index (κ1) is 10.3. The second-order valence-electron chi connectivity index (χ2n) is 3.98. The first-order valence-electron chi connectivity index (χ1n) is 5.23. The topological polar surface area (TPSA) is 29.9 Å². The average molecular weight is 255 g/mol. The minimum absolute atomic E-state index is 0.349. The molecule has 1 saturated heterocycles. The molecule has 1 atom stereocenters. The van der Waals surface area contributed by atoms with E-state index in [2.05, 4.69) is 9.55 Å². The van der Waals surface area contributed by atoms with E-state index in [-0.39, 0.29) is 0 Å². The lowest BCUT2D eigenvalue weighted by Crippen LogP contribution is -2.08. The van der Waals surface area contributed by atoms with E-state index < -0.39 is 0 Å². The highest BCUT2D eigenvalue weighted by atomic mass is 35.5. The largest absolute Gasteiger partial charge is 0.379 e. The number of rotatable bonds is 1. The fraction of sp³-hybridized carbons (Fsp3) is 0.364. The van der Waals surface area contributed by atoms with E-state index in [0.717, 1.165) is 40.5 Å². The number of fused-ring (bicyclic) bond motifs is 1. The highest BCUT2D eigenvalue weighted by Gasteiger charge is 2.20. The third-order valence-electron chi connectivity index (χ3n) is 2.95. The number of nitrogens with zero attached hydrogens (tertiary/aromatic N) is 1. The summed E-state index contributed by atoms with van der Waals surface area (Å²) in [5.74, 6) is 0. The highest BCUT2D eigenvalue weighted by molar-refractivity contribution is 7.71. The summed E-state index contributed by atoms with van der Waals surface area (Å²) in [5.41, 5.74) is 2.09. The quantitative estimate of drug-likeness (QED) is 0.792. The van der Waals surface area contributed by atoms with Gasteiger partial charge in [-0.2, -0.15) is 0 Å². The standard InChI is InChI=1S/C11H11ClN2OS/c12-7-1-2-10-9(5-7)13-11(16)14(10)8-3-4-15-6-8/h1-2,5,8H,3-4,6H2,(H,13,16). The Kier molecular flexibility index (Phi) is 2.50. The second kappa shape index (κ2) is 3.87. The van der Waals surface area contributed by atoms with Crippen LogP contribution < -0.4 is 0 Å². The molecule has 1 aliphatic heterocycles. The van der Waals surface area contributed by atoms with Crippen molar-refractivity contribution >= 4 is 34.9 Å². The lowest BCUT2D eigenvalue weighted by molar-refractivity contribution is 0.187. The summed E-state index contributed by atoms with van der Waals surface area (Å²) >= 11 is 11.3. The molecule has 3 rings (SSSR count). The minimum atomic E-state index is 0.349. The number of nitrogens with one attached hydrogen (secondary N) is 1. The van der Waals surface area contributed by atoms with Crippen LogP contribution in [0.15, 0.2) is 18.2 Å². The van der Waals surface area contributed by atoms with E-state index in [9.17, 15) is 0 Å². The SMILES string of the molecule is S=c1[nH]c2cc(Cl)ccc2n1C1CCOC1. The third kappa shape index (κ3) is 1.57. The molecule has 16 heavy (non-hydrogen) atoms. The zero-order chi connectivity index (χ0) is 11.1. The minimum Gasteiger partial charge on any atom is -0.379 e. The smallest absolute Gasteiger partial charge is 0.178 e. The molecular formula is C11H11ClN2OS.